The summed E-state index contributed by atoms with van der Waals surface area (Å²) >= 11 is 6.94. The number of pyridine rings is 1. The average molecular weight is 409 g/mol. The highest BCUT2D eigenvalue weighted by Gasteiger charge is 2.26. The molecule has 0 spiro atoms. The molecule has 1 atom stereocenters. The molecular weight excluding hydrogens is 389 g/mol. The first-order valence-corrected chi connectivity index (χ1v) is 9.40. The van der Waals surface area contributed by atoms with E-state index in [9.17, 15) is 18.0 Å². The fourth-order valence-electron chi connectivity index (χ4n) is 2.01. The topological polar surface area (TPSA) is 69.4 Å². The summed E-state index contributed by atoms with van der Waals surface area (Å²) < 4.78 is 36.3. The number of amides is 1. The molecule has 144 valence electrons. The SMILES string of the molecule is CCN(C(=O)CSCCCC(F)(F)F)C(C=Nc1cccnc1)C(=N)Cl. The first kappa shape index (κ1) is 22.4. The summed E-state index contributed by atoms with van der Waals surface area (Å²) in [5.74, 6) is -0.0552. The molecule has 0 bridgehead atoms. The predicted molar refractivity (Wildman–Crippen MR) is 99.8 cm³/mol. The van der Waals surface area contributed by atoms with E-state index in [1.165, 1.54) is 17.3 Å². The van der Waals surface area contributed by atoms with Crippen molar-refractivity contribution in [3.05, 3.63) is 24.5 Å². The largest absolute Gasteiger partial charge is 0.389 e. The highest BCUT2D eigenvalue weighted by Crippen LogP contribution is 2.22. The Morgan fingerprint density at radius 1 is 1.54 bits per heavy atom. The number of halogens is 4. The van der Waals surface area contributed by atoms with Crippen molar-refractivity contribution in [3.63, 3.8) is 0 Å². The zero-order chi connectivity index (χ0) is 19.6. The number of hydrogen-bond donors (Lipinski definition) is 1. The summed E-state index contributed by atoms with van der Waals surface area (Å²) in [7, 11) is 0. The standard InChI is InChI=1S/C16H20ClF3N4OS/c1-2-24(14(25)11-26-8-4-6-16(18,19)20)13(15(17)21)10-23-12-5-3-7-22-9-12/h3,5,7,9-10,13,21H,2,4,6,8,11H2,1H3. The summed E-state index contributed by atoms with van der Waals surface area (Å²) in [4.78, 5) is 21.8. The molecule has 1 rings (SSSR count). The van der Waals surface area contributed by atoms with Crippen LogP contribution in [0.2, 0.25) is 0 Å². The molecule has 0 aliphatic heterocycles. The molecule has 0 aliphatic rings. The molecule has 1 aromatic heterocycles. The van der Waals surface area contributed by atoms with Gasteiger partial charge in [-0.3, -0.25) is 20.2 Å². The second kappa shape index (κ2) is 11.2. The number of aromatic nitrogens is 1. The number of rotatable bonds is 10. The molecule has 5 nitrogen and oxygen atoms in total. The molecule has 0 aromatic carbocycles. The fourth-order valence-corrected chi connectivity index (χ4v) is 3.02. The van der Waals surface area contributed by atoms with Gasteiger partial charge in [0.05, 0.1) is 17.6 Å². The zero-order valence-corrected chi connectivity index (χ0v) is 15.7. The van der Waals surface area contributed by atoms with Crippen LogP contribution in [0.5, 0.6) is 0 Å². The molecule has 0 aliphatic carbocycles. The van der Waals surface area contributed by atoms with Gasteiger partial charge in [0.2, 0.25) is 5.91 Å². The number of carbonyl (C=O) groups is 1. The Morgan fingerprint density at radius 3 is 2.81 bits per heavy atom. The number of carbonyl (C=O) groups excluding carboxylic acids is 1. The van der Waals surface area contributed by atoms with Crippen LogP contribution in [0, 0.1) is 5.41 Å². The van der Waals surface area contributed by atoms with E-state index >= 15 is 0 Å². The van der Waals surface area contributed by atoms with Gasteiger partial charge in [-0.15, -0.1) is 0 Å². The molecule has 1 amide bonds. The number of alkyl halides is 3. The third-order valence-electron chi connectivity index (χ3n) is 3.24. The first-order chi connectivity index (χ1) is 12.2. The van der Waals surface area contributed by atoms with Gasteiger partial charge >= 0.3 is 6.18 Å². The molecule has 0 radical (unpaired) electrons. The van der Waals surface area contributed by atoms with Crippen LogP contribution in [-0.4, -0.2) is 57.4 Å². The Balaban J connectivity index is 2.62. The van der Waals surface area contributed by atoms with Crippen molar-refractivity contribution in [2.75, 3.05) is 18.1 Å². The summed E-state index contributed by atoms with van der Waals surface area (Å²) in [6.07, 6.45) is -0.565. The molecule has 10 heteroatoms. The Kier molecular flexibility index (Phi) is 9.64. The van der Waals surface area contributed by atoms with Crippen molar-refractivity contribution in [1.82, 2.24) is 9.88 Å². The van der Waals surface area contributed by atoms with Crippen LogP contribution in [-0.2, 0) is 4.79 Å². The minimum absolute atomic E-state index is 0.0209. The highest BCUT2D eigenvalue weighted by molar-refractivity contribution is 7.99. The van der Waals surface area contributed by atoms with Crippen molar-refractivity contribution in [3.8, 4) is 0 Å². The van der Waals surface area contributed by atoms with Crippen molar-refractivity contribution in [1.29, 1.82) is 5.41 Å². The molecule has 0 fully saturated rings. The van der Waals surface area contributed by atoms with Crippen LogP contribution in [0.3, 0.4) is 0 Å². The second-order valence-corrected chi connectivity index (χ2v) is 6.75. The lowest BCUT2D eigenvalue weighted by Gasteiger charge is -2.26. The van der Waals surface area contributed by atoms with E-state index < -0.39 is 18.6 Å². The van der Waals surface area contributed by atoms with Crippen LogP contribution in [0.4, 0.5) is 18.9 Å². The summed E-state index contributed by atoms with van der Waals surface area (Å²) in [6, 6.07) is 2.59. The van der Waals surface area contributed by atoms with E-state index in [1.807, 2.05) is 0 Å². The predicted octanol–water partition coefficient (Wildman–Crippen LogP) is 4.29. The Labute approximate surface area is 159 Å². The monoisotopic (exact) mass is 408 g/mol. The van der Waals surface area contributed by atoms with E-state index in [1.54, 1.807) is 25.3 Å². The Bertz CT molecular complexity index is 613. The lowest BCUT2D eigenvalue weighted by atomic mass is 10.2. The van der Waals surface area contributed by atoms with Gasteiger partial charge in [-0.05, 0) is 31.2 Å². The molecule has 1 heterocycles. The number of thioether (sulfide) groups is 1. The van der Waals surface area contributed by atoms with Crippen LogP contribution in [0.25, 0.3) is 0 Å². The Hall–Kier alpha value is -1.61. The van der Waals surface area contributed by atoms with Crippen molar-refractivity contribution >= 4 is 46.3 Å². The van der Waals surface area contributed by atoms with Gasteiger partial charge in [0.15, 0.2) is 0 Å². The van der Waals surface area contributed by atoms with Gasteiger partial charge < -0.3 is 4.90 Å². The van der Waals surface area contributed by atoms with Gasteiger partial charge in [-0.2, -0.15) is 24.9 Å². The number of nitrogens with zero attached hydrogens (tertiary/aromatic N) is 3. The number of aliphatic imine (C=N–C) groups is 1. The lowest BCUT2D eigenvalue weighted by molar-refractivity contribution is -0.134. The normalized spacial score (nSPS) is 13.0. The molecule has 0 saturated carbocycles. The maximum atomic E-state index is 12.3. The van der Waals surface area contributed by atoms with Crippen LogP contribution < -0.4 is 0 Å². The molecule has 1 aromatic rings. The maximum Gasteiger partial charge on any atom is 0.389 e. The van der Waals surface area contributed by atoms with E-state index in [4.69, 9.17) is 17.0 Å². The van der Waals surface area contributed by atoms with E-state index in [2.05, 4.69) is 9.98 Å². The second-order valence-electron chi connectivity index (χ2n) is 5.23. The van der Waals surface area contributed by atoms with Gasteiger partial charge in [-0.25, -0.2) is 0 Å². The minimum Gasteiger partial charge on any atom is -0.328 e. The third-order valence-corrected chi connectivity index (χ3v) is 4.49. The third kappa shape index (κ3) is 8.66. The quantitative estimate of drug-likeness (QED) is 0.463. The summed E-state index contributed by atoms with van der Waals surface area (Å²) in [6.45, 7) is 2.03. The van der Waals surface area contributed by atoms with Crippen molar-refractivity contribution < 1.29 is 18.0 Å². The van der Waals surface area contributed by atoms with Crippen molar-refractivity contribution in [2.45, 2.75) is 32.0 Å². The first-order valence-electron chi connectivity index (χ1n) is 7.86. The molecule has 1 N–H and O–H groups in total. The highest BCUT2D eigenvalue weighted by atomic mass is 35.5. The fraction of sp³-hybridized carbons (Fsp3) is 0.500. The van der Waals surface area contributed by atoms with E-state index in [-0.39, 0.29) is 29.0 Å². The minimum atomic E-state index is -4.18. The summed E-state index contributed by atoms with van der Waals surface area (Å²) in [5, 5.41) is 7.42. The molecule has 0 saturated heterocycles. The van der Waals surface area contributed by atoms with Crippen molar-refractivity contribution in [2.24, 2.45) is 4.99 Å². The van der Waals surface area contributed by atoms with E-state index in [0.717, 1.165) is 11.8 Å². The zero-order valence-electron chi connectivity index (χ0n) is 14.2. The summed E-state index contributed by atoms with van der Waals surface area (Å²) in [5.41, 5.74) is 0.556. The molecular formula is C16H20ClF3N4OS. The van der Waals surface area contributed by atoms with E-state index in [0.29, 0.717) is 12.2 Å². The number of nitrogens with one attached hydrogen (secondary N) is 1. The van der Waals surface area contributed by atoms with Crippen LogP contribution >= 0.6 is 23.4 Å². The lowest BCUT2D eigenvalue weighted by Crippen LogP contribution is -2.45. The smallest absolute Gasteiger partial charge is 0.328 e. The van der Waals surface area contributed by atoms with Crippen LogP contribution in [0.15, 0.2) is 29.5 Å². The molecule has 1 unspecified atom stereocenters. The molecule has 26 heavy (non-hydrogen) atoms. The van der Waals surface area contributed by atoms with Gasteiger partial charge in [-0.1, -0.05) is 11.6 Å². The average Bonchev–Trinajstić information content (AvgIpc) is 2.57. The van der Waals surface area contributed by atoms with Crippen LogP contribution in [0.1, 0.15) is 19.8 Å². The Morgan fingerprint density at radius 2 is 2.27 bits per heavy atom. The number of hydrogen-bond acceptors (Lipinski definition) is 5. The maximum absolute atomic E-state index is 12.3. The van der Waals surface area contributed by atoms with Gasteiger partial charge in [0.25, 0.3) is 0 Å². The van der Waals surface area contributed by atoms with Gasteiger partial charge in [0.1, 0.15) is 11.2 Å². The van der Waals surface area contributed by atoms with Gasteiger partial charge in [0, 0.05) is 25.4 Å².